The molecule has 0 spiro atoms. The fraction of sp³-hybridized carbons (Fsp3) is 0.375. The molecule has 0 unspecified atom stereocenters. The molecule has 3 N–H and O–H groups in total. The van der Waals surface area contributed by atoms with Crippen molar-refractivity contribution in [1.29, 1.82) is 0 Å². The number of aromatic nitrogens is 4. The molecule has 0 bridgehead atoms. The fourth-order valence-corrected chi connectivity index (χ4v) is 3.37. The summed E-state index contributed by atoms with van der Waals surface area (Å²) in [6.07, 6.45) is 0.251. The van der Waals surface area contributed by atoms with Crippen LogP contribution in [-0.4, -0.2) is 57.3 Å². The van der Waals surface area contributed by atoms with Gasteiger partial charge >= 0.3 is 5.97 Å². The SMILES string of the molecule is COc1ccc(F)cc1-c1ccc(C[C@H](N[C@@H](C)C(=O)OC(C)(C)C)C(=O)Nc2nnn[nH]2)cc1. The Morgan fingerprint density at radius 2 is 1.86 bits per heavy atom. The van der Waals surface area contributed by atoms with E-state index in [1.807, 2.05) is 24.3 Å². The van der Waals surface area contributed by atoms with Gasteiger partial charge in [0.25, 0.3) is 0 Å². The highest BCUT2D eigenvalue weighted by molar-refractivity contribution is 5.94. The van der Waals surface area contributed by atoms with Gasteiger partial charge in [0.05, 0.1) is 13.2 Å². The Labute approximate surface area is 202 Å². The van der Waals surface area contributed by atoms with Gasteiger partial charge in [-0.3, -0.25) is 20.2 Å². The van der Waals surface area contributed by atoms with Crippen molar-refractivity contribution in [2.45, 2.75) is 51.8 Å². The Hall–Kier alpha value is -3.86. The van der Waals surface area contributed by atoms with Gasteiger partial charge in [0.15, 0.2) is 0 Å². The Balaban J connectivity index is 1.79. The number of carbonyl (C=O) groups is 2. The summed E-state index contributed by atoms with van der Waals surface area (Å²) in [5.41, 5.74) is 1.52. The van der Waals surface area contributed by atoms with Gasteiger partial charge in [-0.25, -0.2) is 9.49 Å². The third-order valence-corrected chi connectivity index (χ3v) is 4.98. The monoisotopic (exact) mass is 484 g/mol. The maximum atomic E-state index is 13.8. The lowest BCUT2D eigenvalue weighted by molar-refractivity contribution is -0.157. The molecule has 0 radical (unpaired) electrons. The molecule has 1 aromatic heterocycles. The van der Waals surface area contributed by atoms with E-state index in [1.54, 1.807) is 33.8 Å². The van der Waals surface area contributed by atoms with Gasteiger partial charge in [-0.15, -0.1) is 0 Å². The normalized spacial score (nSPS) is 13.1. The van der Waals surface area contributed by atoms with Crippen LogP contribution >= 0.6 is 0 Å². The number of aromatic amines is 1. The summed E-state index contributed by atoms with van der Waals surface area (Å²) in [6.45, 7) is 6.94. The van der Waals surface area contributed by atoms with Crippen LogP contribution < -0.4 is 15.4 Å². The van der Waals surface area contributed by atoms with Crippen LogP contribution in [0.4, 0.5) is 10.3 Å². The van der Waals surface area contributed by atoms with Crippen molar-refractivity contribution in [3.8, 4) is 16.9 Å². The average molecular weight is 485 g/mol. The van der Waals surface area contributed by atoms with Crippen molar-refractivity contribution in [2.75, 3.05) is 12.4 Å². The molecule has 0 fully saturated rings. The summed E-state index contributed by atoms with van der Waals surface area (Å²) in [4.78, 5) is 25.4. The number of esters is 1. The zero-order valence-electron chi connectivity index (χ0n) is 20.3. The molecule has 3 rings (SSSR count). The molecule has 0 aliphatic rings. The fourth-order valence-electron chi connectivity index (χ4n) is 3.37. The second-order valence-electron chi connectivity index (χ2n) is 8.96. The molecule has 3 aromatic rings. The third kappa shape index (κ3) is 7.31. The molecule has 2 atom stereocenters. The largest absolute Gasteiger partial charge is 0.496 e. The molecule has 0 saturated carbocycles. The number of tetrazole rings is 1. The van der Waals surface area contributed by atoms with Gasteiger partial charge in [0, 0.05) is 5.56 Å². The van der Waals surface area contributed by atoms with Crippen molar-refractivity contribution < 1.29 is 23.5 Å². The van der Waals surface area contributed by atoms with E-state index in [1.165, 1.54) is 19.2 Å². The Morgan fingerprint density at radius 1 is 1.14 bits per heavy atom. The smallest absolute Gasteiger partial charge is 0.323 e. The number of H-pyrrole nitrogens is 1. The molecule has 0 aliphatic carbocycles. The van der Waals surface area contributed by atoms with Gasteiger partial charge in [0.2, 0.25) is 11.9 Å². The molecule has 1 amide bonds. The van der Waals surface area contributed by atoms with E-state index in [9.17, 15) is 14.0 Å². The lowest BCUT2D eigenvalue weighted by Crippen LogP contribution is -2.50. The molecule has 0 saturated heterocycles. The maximum Gasteiger partial charge on any atom is 0.323 e. The maximum absolute atomic E-state index is 13.8. The van der Waals surface area contributed by atoms with Crippen LogP contribution in [0.25, 0.3) is 11.1 Å². The van der Waals surface area contributed by atoms with E-state index in [0.29, 0.717) is 11.3 Å². The van der Waals surface area contributed by atoms with E-state index in [4.69, 9.17) is 9.47 Å². The molecule has 0 aliphatic heterocycles. The zero-order chi connectivity index (χ0) is 25.6. The van der Waals surface area contributed by atoms with Crippen molar-refractivity contribution in [2.24, 2.45) is 0 Å². The van der Waals surface area contributed by atoms with Crippen LogP contribution in [-0.2, 0) is 20.7 Å². The first-order valence-electron chi connectivity index (χ1n) is 11.0. The van der Waals surface area contributed by atoms with Crippen molar-refractivity contribution >= 4 is 17.8 Å². The molecule has 11 heteroatoms. The Kier molecular flexibility index (Phi) is 8.13. The molecule has 2 aromatic carbocycles. The number of ether oxygens (including phenoxy) is 2. The molecule has 1 heterocycles. The predicted molar refractivity (Wildman–Crippen MR) is 127 cm³/mol. The summed E-state index contributed by atoms with van der Waals surface area (Å²) in [6, 6.07) is 10.0. The third-order valence-electron chi connectivity index (χ3n) is 4.98. The van der Waals surface area contributed by atoms with Crippen LogP contribution in [0.3, 0.4) is 0 Å². The molecule has 10 nitrogen and oxygen atoms in total. The van der Waals surface area contributed by atoms with Gasteiger partial charge in [-0.1, -0.05) is 29.4 Å². The van der Waals surface area contributed by atoms with Crippen LogP contribution in [0.5, 0.6) is 5.75 Å². The van der Waals surface area contributed by atoms with Gasteiger partial charge in [0.1, 0.15) is 23.2 Å². The van der Waals surface area contributed by atoms with E-state index in [-0.39, 0.29) is 18.2 Å². The lowest BCUT2D eigenvalue weighted by atomic mass is 9.99. The number of amides is 1. The number of hydrogen-bond donors (Lipinski definition) is 3. The summed E-state index contributed by atoms with van der Waals surface area (Å²) >= 11 is 0. The standard InChI is InChI=1S/C24H29FN6O4/c1-14(22(33)35-24(2,3)4)26-19(21(32)27-23-28-30-31-29-23)12-15-6-8-16(9-7-15)18-13-17(25)10-11-20(18)34-5/h6-11,13-14,19,26H,12H2,1-5H3,(H2,27,28,29,30,31,32)/t14-,19-/m0/s1. The Morgan fingerprint density at radius 3 is 2.46 bits per heavy atom. The summed E-state index contributed by atoms with van der Waals surface area (Å²) in [5.74, 6) is -0.658. The summed E-state index contributed by atoms with van der Waals surface area (Å²) in [7, 11) is 1.52. The number of nitrogens with zero attached hydrogens (tertiary/aromatic N) is 3. The van der Waals surface area contributed by atoms with Crippen LogP contribution in [0.15, 0.2) is 42.5 Å². The number of benzene rings is 2. The minimum Gasteiger partial charge on any atom is -0.496 e. The molecule has 186 valence electrons. The van der Waals surface area contributed by atoms with Gasteiger partial charge < -0.3 is 9.47 Å². The highest BCUT2D eigenvalue weighted by Crippen LogP contribution is 2.31. The number of hydrogen-bond acceptors (Lipinski definition) is 8. The molecular formula is C24H29FN6O4. The number of anilines is 1. The topological polar surface area (TPSA) is 131 Å². The summed E-state index contributed by atoms with van der Waals surface area (Å²) < 4.78 is 24.5. The molecule has 35 heavy (non-hydrogen) atoms. The number of nitrogens with one attached hydrogen (secondary N) is 3. The highest BCUT2D eigenvalue weighted by atomic mass is 19.1. The first kappa shape index (κ1) is 25.8. The van der Waals surface area contributed by atoms with Crippen LogP contribution in [0.2, 0.25) is 0 Å². The van der Waals surface area contributed by atoms with Crippen molar-refractivity contribution in [3.63, 3.8) is 0 Å². The van der Waals surface area contributed by atoms with Crippen LogP contribution in [0.1, 0.15) is 33.3 Å². The number of rotatable bonds is 9. The quantitative estimate of drug-likeness (QED) is 0.395. The van der Waals surface area contributed by atoms with Crippen molar-refractivity contribution in [1.82, 2.24) is 25.9 Å². The van der Waals surface area contributed by atoms with Crippen molar-refractivity contribution in [3.05, 3.63) is 53.8 Å². The van der Waals surface area contributed by atoms with Crippen LogP contribution in [0, 0.1) is 5.82 Å². The second kappa shape index (κ2) is 11.0. The Bertz CT molecular complexity index is 1150. The van der Waals surface area contributed by atoms with Gasteiger partial charge in [-0.05, 0) is 73.9 Å². The zero-order valence-corrected chi connectivity index (χ0v) is 20.3. The predicted octanol–water partition coefficient (Wildman–Crippen LogP) is 2.88. The number of carbonyl (C=O) groups excluding carboxylic acids is 2. The number of methoxy groups -OCH3 is 1. The first-order chi connectivity index (χ1) is 16.6. The molecular weight excluding hydrogens is 455 g/mol. The van der Waals surface area contributed by atoms with E-state index >= 15 is 0 Å². The van der Waals surface area contributed by atoms with Gasteiger partial charge in [-0.2, -0.15) is 0 Å². The van der Waals surface area contributed by atoms with E-state index < -0.39 is 29.6 Å². The lowest BCUT2D eigenvalue weighted by Gasteiger charge is -2.25. The van der Waals surface area contributed by atoms with E-state index in [0.717, 1.165) is 11.1 Å². The average Bonchev–Trinajstić information content (AvgIpc) is 3.31. The van der Waals surface area contributed by atoms with E-state index in [2.05, 4.69) is 31.3 Å². The first-order valence-corrected chi connectivity index (χ1v) is 11.0. The minimum atomic E-state index is -0.808. The highest BCUT2D eigenvalue weighted by Gasteiger charge is 2.28. The number of halogens is 1. The minimum absolute atomic E-state index is 0.0836. The summed E-state index contributed by atoms with van der Waals surface area (Å²) in [5, 5.41) is 18.6. The second-order valence-corrected chi connectivity index (χ2v) is 8.96.